The molecule has 318 valence electrons. The van der Waals surface area contributed by atoms with Crippen molar-refractivity contribution < 1.29 is 28.7 Å². The molecule has 14 heteroatoms. The quantitative estimate of drug-likeness (QED) is 0.157. The van der Waals surface area contributed by atoms with Crippen LogP contribution in [0.4, 0.5) is 0 Å². The average molecular weight is 819 g/mol. The van der Waals surface area contributed by atoms with Crippen LogP contribution in [0.2, 0.25) is 0 Å². The van der Waals surface area contributed by atoms with E-state index in [0.717, 1.165) is 61.0 Å². The third-order valence-electron chi connectivity index (χ3n) is 12.1. The number of aromatic nitrogens is 4. The number of carbonyl (C=O) groups is 4. The smallest absolute Gasteiger partial charge is 0.324 e. The number of hydrazine groups is 1. The maximum absolute atomic E-state index is 14.6. The summed E-state index contributed by atoms with van der Waals surface area (Å²) in [6, 6.07) is 12.1. The van der Waals surface area contributed by atoms with Crippen LogP contribution in [0.15, 0.2) is 54.9 Å². The van der Waals surface area contributed by atoms with Crippen LogP contribution in [0.3, 0.4) is 0 Å². The Morgan fingerprint density at radius 2 is 1.88 bits per heavy atom. The fraction of sp³-hybridized carbons (Fsp3) is 0.478. The Kier molecular flexibility index (Phi) is 12.2. The van der Waals surface area contributed by atoms with Crippen molar-refractivity contribution >= 4 is 45.5 Å². The molecule has 0 saturated carbocycles. The number of likely N-dealkylation sites (N-methyl/N-ethyl adjacent to an activating group) is 1. The summed E-state index contributed by atoms with van der Waals surface area (Å²) in [5, 5.41) is 13.9. The number of carbonyl (C=O) groups excluding carboxylic acids is 4. The monoisotopic (exact) mass is 818 g/mol. The number of benzene rings is 2. The van der Waals surface area contributed by atoms with Crippen LogP contribution in [-0.4, -0.2) is 98.8 Å². The summed E-state index contributed by atoms with van der Waals surface area (Å²) in [6.45, 7) is 14.7. The van der Waals surface area contributed by atoms with Gasteiger partial charge in [-0.2, -0.15) is 5.10 Å². The number of methoxy groups -OCH3 is 1. The number of pyridine rings is 1. The highest BCUT2D eigenvalue weighted by Gasteiger charge is 2.37. The number of rotatable bonds is 8. The van der Waals surface area contributed by atoms with E-state index in [1.54, 1.807) is 26.6 Å². The lowest BCUT2D eigenvalue weighted by atomic mass is 9.84. The van der Waals surface area contributed by atoms with Crippen LogP contribution in [0.5, 0.6) is 0 Å². The van der Waals surface area contributed by atoms with E-state index in [9.17, 15) is 19.2 Å². The van der Waals surface area contributed by atoms with Gasteiger partial charge in [0.25, 0.3) is 5.91 Å². The normalized spacial score (nSPS) is 19.5. The third kappa shape index (κ3) is 8.27. The lowest BCUT2D eigenvalue weighted by molar-refractivity contribution is -0.155. The molecule has 2 aliphatic rings. The Bertz CT molecular complexity index is 2430. The molecule has 1 fully saturated rings. The first-order valence-electron chi connectivity index (χ1n) is 21.0. The molecule has 14 nitrogen and oxygen atoms in total. The number of aromatic amines is 1. The predicted molar refractivity (Wildman–Crippen MR) is 230 cm³/mol. The average Bonchev–Trinajstić information content (AvgIpc) is 3.83. The SMILES string of the molecule is CCn1c(-c2cccnc2[C@H](C)OC)c2c3cc(ccc31)-c1cc(c3cn[nH]c3c1)C[C@H](NC(=O)C(C(C)C)N(C)C(C)=O)C(=O)N1CCC[C@H](N1)C(=O)OCC(C)(C)C2. The van der Waals surface area contributed by atoms with Gasteiger partial charge in [-0.25, -0.2) is 5.43 Å². The number of cyclic esters (lactones) is 1. The van der Waals surface area contributed by atoms with Crippen molar-refractivity contribution in [2.24, 2.45) is 11.3 Å². The molecule has 3 aromatic heterocycles. The van der Waals surface area contributed by atoms with Crippen molar-refractivity contribution in [3.63, 3.8) is 0 Å². The van der Waals surface area contributed by atoms with Crippen molar-refractivity contribution in [3.8, 4) is 22.4 Å². The summed E-state index contributed by atoms with van der Waals surface area (Å²) in [6.07, 6.45) is 5.02. The second-order valence-electron chi connectivity index (χ2n) is 17.4. The van der Waals surface area contributed by atoms with E-state index < -0.39 is 41.3 Å². The van der Waals surface area contributed by atoms with E-state index in [1.165, 1.54) is 16.8 Å². The summed E-state index contributed by atoms with van der Waals surface area (Å²) in [4.78, 5) is 61.4. The molecule has 3 N–H and O–H groups in total. The number of H-pyrrole nitrogens is 1. The van der Waals surface area contributed by atoms with Crippen LogP contribution >= 0.6 is 0 Å². The number of ether oxygens (including phenoxy) is 2. The number of hydrogen-bond acceptors (Lipinski definition) is 9. The van der Waals surface area contributed by atoms with Gasteiger partial charge < -0.3 is 24.3 Å². The van der Waals surface area contributed by atoms with Crippen LogP contribution in [-0.2, 0) is 48.0 Å². The van der Waals surface area contributed by atoms with Crippen molar-refractivity contribution in [1.29, 1.82) is 0 Å². The highest BCUT2D eigenvalue weighted by Crippen LogP contribution is 2.42. The molecule has 2 aliphatic heterocycles. The first-order chi connectivity index (χ1) is 28.6. The zero-order valence-electron chi connectivity index (χ0n) is 36.2. The molecule has 1 unspecified atom stereocenters. The van der Waals surface area contributed by atoms with E-state index in [0.29, 0.717) is 32.4 Å². The van der Waals surface area contributed by atoms with Gasteiger partial charge in [0.2, 0.25) is 11.8 Å². The molecule has 6 bridgehead atoms. The fourth-order valence-corrected chi connectivity index (χ4v) is 8.93. The molecule has 60 heavy (non-hydrogen) atoms. The van der Waals surface area contributed by atoms with Gasteiger partial charge in [0.05, 0.1) is 35.8 Å². The van der Waals surface area contributed by atoms with Crippen molar-refractivity contribution in [1.82, 2.24) is 40.4 Å². The van der Waals surface area contributed by atoms with Gasteiger partial charge in [-0.1, -0.05) is 39.8 Å². The van der Waals surface area contributed by atoms with Crippen LogP contribution < -0.4 is 10.7 Å². The van der Waals surface area contributed by atoms with Crippen molar-refractivity contribution in [3.05, 3.63) is 71.7 Å². The Balaban J connectivity index is 1.43. The van der Waals surface area contributed by atoms with Gasteiger partial charge in [-0.05, 0) is 91.6 Å². The minimum Gasteiger partial charge on any atom is -0.464 e. The first-order valence-corrected chi connectivity index (χ1v) is 21.0. The molecule has 3 amide bonds. The highest BCUT2D eigenvalue weighted by molar-refractivity contribution is 5.97. The number of nitrogens with zero attached hydrogens (tertiary/aromatic N) is 5. The van der Waals surface area contributed by atoms with Crippen molar-refractivity contribution in [2.45, 2.75) is 105 Å². The van der Waals surface area contributed by atoms with Crippen LogP contribution in [0.1, 0.15) is 84.2 Å². The lowest BCUT2D eigenvalue weighted by Crippen LogP contribution is -2.62. The summed E-state index contributed by atoms with van der Waals surface area (Å²) in [7, 11) is 3.28. The Morgan fingerprint density at radius 3 is 2.60 bits per heavy atom. The van der Waals surface area contributed by atoms with Gasteiger partial charge in [0.15, 0.2) is 0 Å². The number of nitrogens with one attached hydrogen (secondary N) is 3. The number of esters is 1. The summed E-state index contributed by atoms with van der Waals surface area (Å²) < 4.78 is 14.3. The molecule has 7 rings (SSSR count). The standard InChI is InChI=1S/C46H58N8O6/c1-10-53-39-16-15-29-20-33(39)34(42(53)32-13-11-17-47-40(32)27(4)59-9)23-46(6,7)25-60-45(58)36-14-12-18-54(51-36)44(57)38(49-43(56)41(26(2)3)52(8)28(5)55)22-31-19-30(29)21-37-35(31)24-48-50-37/h11,13,15-17,19-21,24,26-27,36,38,41,51H,10,12,14,18,22-23,25H2,1-9H3,(H,48,50)(H,49,56)/t27-,36-,38-,41?/m0/s1. The Labute approximate surface area is 351 Å². The first kappa shape index (κ1) is 42.5. The Hall–Kier alpha value is -5.60. The van der Waals surface area contributed by atoms with Gasteiger partial charge >= 0.3 is 5.97 Å². The predicted octanol–water partition coefficient (Wildman–Crippen LogP) is 6.13. The number of amides is 3. The third-order valence-corrected chi connectivity index (χ3v) is 12.1. The molecule has 4 atom stereocenters. The zero-order chi connectivity index (χ0) is 43.0. The number of hydrogen-bond donors (Lipinski definition) is 3. The minimum atomic E-state index is -1.05. The van der Waals surface area contributed by atoms with Crippen LogP contribution in [0, 0.1) is 11.3 Å². The topological polar surface area (TPSA) is 164 Å². The molecule has 0 radical (unpaired) electrons. The van der Waals surface area contributed by atoms with Gasteiger partial charge in [0, 0.05) is 74.1 Å². The molecule has 2 aromatic carbocycles. The molecule has 5 aromatic rings. The van der Waals surface area contributed by atoms with Crippen molar-refractivity contribution in [2.75, 3.05) is 27.3 Å². The molecule has 1 saturated heterocycles. The maximum atomic E-state index is 14.6. The summed E-state index contributed by atoms with van der Waals surface area (Å²) in [5.74, 6) is -1.77. The second-order valence-corrected chi connectivity index (χ2v) is 17.4. The highest BCUT2D eigenvalue weighted by atomic mass is 16.5. The molecule has 5 heterocycles. The van der Waals surface area contributed by atoms with Gasteiger partial charge in [-0.3, -0.25) is 34.3 Å². The Morgan fingerprint density at radius 1 is 1.10 bits per heavy atom. The van der Waals surface area contributed by atoms with Gasteiger partial charge in [-0.15, -0.1) is 0 Å². The van der Waals surface area contributed by atoms with E-state index in [-0.39, 0.29) is 31.0 Å². The summed E-state index contributed by atoms with van der Waals surface area (Å²) >= 11 is 0. The zero-order valence-corrected chi connectivity index (χ0v) is 36.2. The largest absolute Gasteiger partial charge is 0.464 e. The lowest BCUT2D eigenvalue weighted by Gasteiger charge is -2.36. The van der Waals surface area contributed by atoms with E-state index in [1.807, 2.05) is 26.8 Å². The minimum absolute atomic E-state index is 0.121. The van der Waals surface area contributed by atoms with Gasteiger partial charge in [0.1, 0.15) is 18.1 Å². The van der Waals surface area contributed by atoms with E-state index in [2.05, 4.69) is 82.7 Å². The maximum Gasteiger partial charge on any atom is 0.324 e. The second kappa shape index (κ2) is 17.2. The number of fused-ring (bicyclic) bond motifs is 8. The number of aryl methyl sites for hydroxylation is 1. The molecular weight excluding hydrogens is 761 g/mol. The van der Waals surface area contributed by atoms with E-state index >= 15 is 0 Å². The molecular formula is C46H58N8O6. The van der Waals surface area contributed by atoms with E-state index in [4.69, 9.17) is 14.5 Å². The van der Waals surface area contributed by atoms with Crippen LogP contribution in [0.25, 0.3) is 44.2 Å². The molecule has 0 aliphatic carbocycles. The molecule has 0 spiro atoms. The fourth-order valence-electron chi connectivity index (χ4n) is 8.93. The summed E-state index contributed by atoms with van der Waals surface area (Å²) in [5.41, 5.74) is 11.1.